The second-order valence-electron chi connectivity index (χ2n) is 9.51. The molecule has 2 atom stereocenters. The molecule has 0 bridgehead atoms. The molecule has 178 valence electrons. The molecule has 34 heavy (non-hydrogen) atoms. The highest BCUT2D eigenvalue weighted by atomic mass is 35.5. The lowest BCUT2D eigenvalue weighted by molar-refractivity contribution is 0.0824. The van der Waals surface area contributed by atoms with Gasteiger partial charge in [-0.25, -0.2) is 9.37 Å². The molecule has 2 unspecified atom stereocenters. The number of halogens is 2. The minimum absolute atomic E-state index is 0.0794. The number of rotatable bonds is 3. The number of hydrogen-bond donors (Lipinski definition) is 3. The normalized spacial score (nSPS) is 21.0. The number of hydrogen-bond acceptors (Lipinski definition) is 6. The van der Waals surface area contributed by atoms with E-state index in [1.807, 2.05) is 17.8 Å². The van der Waals surface area contributed by atoms with Crippen molar-refractivity contribution in [3.05, 3.63) is 52.1 Å². The summed E-state index contributed by atoms with van der Waals surface area (Å²) in [6.45, 7) is 2.64. The Morgan fingerprint density at radius 3 is 2.76 bits per heavy atom. The fraction of sp³-hybridized carbons (Fsp3) is 0.375. The van der Waals surface area contributed by atoms with Crippen LogP contribution in [0.4, 0.5) is 21.7 Å². The number of pyridine rings is 1. The number of aryl methyl sites for hydroxylation is 1. The third-order valence-corrected chi connectivity index (χ3v) is 7.53. The number of benzene rings is 1. The minimum Gasteiger partial charge on any atom is -0.398 e. The highest BCUT2D eigenvalue weighted by Gasteiger charge is 2.48. The van der Waals surface area contributed by atoms with Crippen molar-refractivity contribution in [1.29, 1.82) is 0 Å². The van der Waals surface area contributed by atoms with Gasteiger partial charge in [-0.05, 0) is 38.3 Å². The zero-order chi connectivity index (χ0) is 24.4. The molecular weight excluding hydrogens is 457 g/mol. The molecule has 1 amide bonds. The molecular formula is C24H27ClFN7O. The number of fused-ring (bicyclic) bond motifs is 2. The maximum atomic E-state index is 15.6. The average Bonchev–Trinajstić information content (AvgIpc) is 3.48. The lowest BCUT2D eigenvalue weighted by Crippen LogP contribution is -2.26. The highest BCUT2D eigenvalue weighted by molar-refractivity contribution is 6.34. The number of carbonyl (C=O) groups is 1. The van der Waals surface area contributed by atoms with Crippen LogP contribution in [0.5, 0.6) is 0 Å². The quantitative estimate of drug-likeness (QED) is 0.485. The third kappa shape index (κ3) is 3.29. The van der Waals surface area contributed by atoms with E-state index in [1.54, 1.807) is 26.4 Å². The number of nitrogen functional groups attached to an aromatic ring is 2. The second kappa shape index (κ2) is 7.87. The maximum Gasteiger partial charge on any atom is 0.258 e. The van der Waals surface area contributed by atoms with Gasteiger partial charge in [-0.15, -0.1) is 0 Å². The van der Waals surface area contributed by atoms with Gasteiger partial charge in [-0.3, -0.25) is 9.48 Å². The fourth-order valence-corrected chi connectivity index (χ4v) is 5.71. The molecule has 10 heteroatoms. The van der Waals surface area contributed by atoms with E-state index in [-0.39, 0.29) is 28.3 Å². The predicted octanol–water partition coefficient (Wildman–Crippen LogP) is 4.00. The SMILES string of the molecule is Cc1cn(C2CCC3(CNc4ncc(-c5ccc(N)c(C(=O)N(C)C)c5F)c(Cl)c43)C2)nc1N. The first kappa shape index (κ1) is 22.5. The van der Waals surface area contributed by atoms with Crippen LogP contribution in [0.2, 0.25) is 5.02 Å². The number of carbonyl (C=O) groups excluding carboxylic acids is 1. The molecule has 1 saturated carbocycles. The number of nitrogens with zero attached hydrogens (tertiary/aromatic N) is 4. The number of aromatic nitrogens is 3. The molecule has 3 aromatic rings. The zero-order valence-electron chi connectivity index (χ0n) is 19.3. The van der Waals surface area contributed by atoms with Gasteiger partial charge in [-0.2, -0.15) is 5.10 Å². The summed E-state index contributed by atoms with van der Waals surface area (Å²) < 4.78 is 17.5. The monoisotopic (exact) mass is 483 g/mol. The summed E-state index contributed by atoms with van der Waals surface area (Å²) in [6, 6.07) is 3.26. The Morgan fingerprint density at radius 1 is 1.32 bits per heavy atom. The Bertz CT molecular complexity index is 1300. The van der Waals surface area contributed by atoms with Crippen LogP contribution >= 0.6 is 11.6 Å². The van der Waals surface area contributed by atoms with Crippen LogP contribution < -0.4 is 16.8 Å². The Kier molecular flexibility index (Phi) is 5.20. The van der Waals surface area contributed by atoms with E-state index < -0.39 is 11.7 Å². The summed E-state index contributed by atoms with van der Waals surface area (Å²) >= 11 is 6.97. The Hall–Kier alpha value is -3.33. The van der Waals surface area contributed by atoms with Gasteiger partial charge in [-0.1, -0.05) is 11.6 Å². The zero-order valence-corrected chi connectivity index (χ0v) is 20.1. The summed E-state index contributed by atoms with van der Waals surface area (Å²) in [6.07, 6.45) is 6.14. The topological polar surface area (TPSA) is 115 Å². The van der Waals surface area contributed by atoms with E-state index in [9.17, 15) is 4.79 Å². The summed E-state index contributed by atoms with van der Waals surface area (Å²) in [7, 11) is 3.11. The van der Waals surface area contributed by atoms with Crippen molar-refractivity contribution >= 4 is 34.8 Å². The van der Waals surface area contributed by atoms with Gasteiger partial charge in [0.1, 0.15) is 17.5 Å². The van der Waals surface area contributed by atoms with Crippen LogP contribution in [0.15, 0.2) is 24.5 Å². The van der Waals surface area contributed by atoms with Crippen molar-refractivity contribution in [1.82, 2.24) is 19.7 Å². The summed E-state index contributed by atoms with van der Waals surface area (Å²) in [5.41, 5.74) is 14.1. The molecule has 2 aliphatic rings. The molecule has 1 aliphatic heterocycles. The molecule has 1 aliphatic carbocycles. The van der Waals surface area contributed by atoms with Gasteiger partial charge < -0.3 is 21.7 Å². The predicted molar refractivity (Wildman–Crippen MR) is 132 cm³/mol. The van der Waals surface area contributed by atoms with Crippen molar-refractivity contribution < 1.29 is 9.18 Å². The highest BCUT2D eigenvalue weighted by Crippen LogP contribution is 2.54. The third-order valence-electron chi connectivity index (χ3n) is 7.13. The van der Waals surface area contributed by atoms with Crippen LogP contribution in [-0.2, 0) is 5.41 Å². The Balaban J connectivity index is 1.57. The van der Waals surface area contributed by atoms with Gasteiger partial charge in [0.25, 0.3) is 5.91 Å². The van der Waals surface area contributed by atoms with Gasteiger partial charge in [0, 0.05) is 66.4 Å². The van der Waals surface area contributed by atoms with Crippen LogP contribution in [-0.4, -0.2) is 46.2 Å². The first-order valence-electron chi connectivity index (χ1n) is 11.2. The van der Waals surface area contributed by atoms with Crippen LogP contribution in [0.25, 0.3) is 11.1 Å². The standard InChI is InChI=1S/C24H27ClFN7O/c1-12-10-33(31-21(12)28)13-6-7-24(8-13)11-30-22-18(24)19(25)15(9-29-22)14-4-5-16(27)17(20(14)26)23(34)32(2)3/h4-5,9-10,13H,6-8,11,27H2,1-3H3,(H2,28,31)(H,29,30). The first-order valence-corrected chi connectivity index (χ1v) is 11.5. The lowest BCUT2D eigenvalue weighted by Gasteiger charge is -2.25. The summed E-state index contributed by atoms with van der Waals surface area (Å²) in [5.74, 6) is 0.0441. The molecule has 0 radical (unpaired) electrons. The van der Waals surface area contributed by atoms with Gasteiger partial charge >= 0.3 is 0 Å². The largest absolute Gasteiger partial charge is 0.398 e. The Morgan fingerprint density at radius 2 is 2.09 bits per heavy atom. The van der Waals surface area contributed by atoms with Gasteiger partial charge in [0.2, 0.25) is 0 Å². The van der Waals surface area contributed by atoms with Crippen molar-refractivity contribution in [3.8, 4) is 11.1 Å². The van der Waals surface area contributed by atoms with E-state index in [0.29, 0.717) is 28.8 Å². The second-order valence-corrected chi connectivity index (χ2v) is 9.89. The van der Waals surface area contributed by atoms with Crippen LogP contribution in [0.1, 0.15) is 46.8 Å². The van der Waals surface area contributed by atoms with Crippen LogP contribution in [0, 0.1) is 12.7 Å². The number of nitrogens with two attached hydrogens (primary N) is 2. The summed E-state index contributed by atoms with van der Waals surface area (Å²) in [5, 5.41) is 8.31. The number of nitrogens with one attached hydrogen (secondary N) is 1. The van der Waals surface area contributed by atoms with E-state index in [4.69, 9.17) is 23.1 Å². The summed E-state index contributed by atoms with van der Waals surface area (Å²) in [4.78, 5) is 18.4. The molecule has 0 saturated heterocycles. The molecule has 5 rings (SSSR count). The number of anilines is 3. The average molecular weight is 484 g/mol. The van der Waals surface area contributed by atoms with Gasteiger partial charge in [0.15, 0.2) is 0 Å². The minimum atomic E-state index is -0.700. The lowest BCUT2D eigenvalue weighted by atomic mass is 9.80. The molecule has 2 aromatic heterocycles. The molecule has 5 N–H and O–H groups in total. The molecule has 8 nitrogen and oxygen atoms in total. The molecule has 1 aromatic carbocycles. The van der Waals surface area contributed by atoms with Crippen molar-refractivity contribution in [3.63, 3.8) is 0 Å². The smallest absolute Gasteiger partial charge is 0.258 e. The Labute approximate surface area is 202 Å². The molecule has 1 fully saturated rings. The molecule has 1 spiro atoms. The van der Waals surface area contributed by atoms with Gasteiger partial charge in [0.05, 0.1) is 16.6 Å². The maximum absolute atomic E-state index is 15.6. The van der Waals surface area contributed by atoms with Crippen LogP contribution in [0.3, 0.4) is 0 Å². The van der Waals surface area contributed by atoms with E-state index >= 15 is 4.39 Å². The fourth-order valence-electron chi connectivity index (χ4n) is 5.27. The van der Waals surface area contributed by atoms with Crippen molar-refractivity contribution in [2.24, 2.45) is 0 Å². The van der Waals surface area contributed by atoms with E-state index in [1.165, 1.54) is 11.0 Å². The van der Waals surface area contributed by atoms with E-state index in [2.05, 4.69) is 15.4 Å². The van der Waals surface area contributed by atoms with Crippen molar-refractivity contribution in [2.45, 2.75) is 37.6 Å². The van der Waals surface area contributed by atoms with Crippen molar-refractivity contribution in [2.75, 3.05) is 37.4 Å². The number of amides is 1. The molecule has 3 heterocycles. The van der Waals surface area contributed by atoms with E-state index in [0.717, 1.165) is 30.4 Å². The first-order chi connectivity index (χ1) is 16.1.